The van der Waals surface area contributed by atoms with Crippen molar-refractivity contribution in [2.75, 3.05) is 12.8 Å². The summed E-state index contributed by atoms with van der Waals surface area (Å²) in [5, 5.41) is 0. The Morgan fingerprint density at radius 1 is 1.38 bits per heavy atom. The Balaban J connectivity index is 2.49. The summed E-state index contributed by atoms with van der Waals surface area (Å²) in [6.45, 7) is 7.11. The van der Waals surface area contributed by atoms with Gasteiger partial charge in [0, 0.05) is 18.5 Å². The summed E-state index contributed by atoms with van der Waals surface area (Å²) in [6.07, 6.45) is 0.787. The van der Waals surface area contributed by atoms with Gasteiger partial charge >= 0.3 is 0 Å². The monoisotopic (exact) mass is 291 g/mol. The Hall–Kier alpha value is -2.04. The van der Waals surface area contributed by atoms with Crippen molar-refractivity contribution in [3.05, 3.63) is 29.8 Å². The van der Waals surface area contributed by atoms with Crippen LogP contribution in [-0.2, 0) is 13.0 Å². The smallest absolute Gasteiger partial charge is 0.165 e. The molecule has 0 aliphatic heterocycles. The van der Waals surface area contributed by atoms with Crippen LogP contribution in [0.25, 0.3) is 11.3 Å². The highest BCUT2D eigenvalue weighted by Gasteiger charge is 2.17. The molecule has 0 fully saturated rings. The van der Waals surface area contributed by atoms with E-state index in [0.717, 1.165) is 18.8 Å². The zero-order valence-electron chi connectivity index (χ0n) is 13.0. The predicted octanol–water partition coefficient (Wildman–Crippen LogP) is 3.50. The number of nitrogens with two attached hydrogens (primary N) is 1. The highest BCUT2D eigenvalue weighted by Crippen LogP contribution is 2.30. The first-order chi connectivity index (χ1) is 9.97. The van der Waals surface area contributed by atoms with Crippen LogP contribution in [0, 0.1) is 11.7 Å². The second-order valence-corrected chi connectivity index (χ2v) is 5.47. The average Bonchev–Trinajstić information content (AvgIpc) is 2.75. The molecule has 1 heterocycles. The van der Waals surface area contributed by atoms with Gasteiger partial charge in [0.05, 0.1) is 7.11 Å². The highest BCUT2D eigenvalue weighted by atomic mass is 19.1. The molecule has 1 aromatic carbocycles. The normalized spacial score (nSPS) is 11.1. The van der Waals surface area contributed by atoms with E-state index in [1.807, 2.05) is 11.5 Å². The standard InChI is InChI=1S/C16H22FN3O/c1-5-14-19-15(16(18)20(14)9-10(2)3)11-6-7-13(21-4)12(17)8-11/h6-8,10H,5,9,18H2,1-4H3. The van der Waals surface area contributed by atoms with Gasteiger partial charge in [0.15, 0.2) is 11.6 Å². The number of rotatable bonds is 5. The van der Waals surface area contributed by atoms with Crippen LogP contribution in [0.4, 0.5) is 10.2 Å². The minimum absolute atomic E-state index is 0.217. The van der Waals surface area contributed by atoms with Crippen molar-refractivity contribution in [3.8, 4) is 17.0 Å². The van der Waals surface area contributed by atoms with Crippen molar-refractivity contribution in [3.63, 3.8) is 0 Å². The van der Waals surface area contributed by atoms with Crippen LogP contribution in [0.2, 0.25) is 0 Å². The maximum atomic E-state index is 13.9. The molecule has 1 aromatic heterocycles. The van der Waals surface area contributed by atoms with Gasteiger partial charge in [-0.05, 0) is 24.1 Å². The van der Waals surface area contributed by atoms with Gasteiger partial charge in [-0.3, -0.25) is 0 Å². The number of imidazole rings is 1. The van der Waals surface area contributed by atoms with E-state index in [4.69, 9.17) is 10.5 Å². The van der Waals surface area contributed by atoms with Crippen LogP contribution in [0.15, 0.2) is 18.2 Å². The number of nitrogen functional groups attached to an aromatic ring is 1. The van der Waals surface area contributed by atoms with Crippen molar-refractivity contribution in [1.29, 1.82) is 0 Å². The molecule has 0 aliphatic carbocycles. The molecule has 0 bridgehead atoms. The maximum Gasteiger partial charge on any atom is 0.165 e. The molecule has 0 saturated heterocycles. The summed E-state index contributed by atoms with van der Waals surface area (Å²) in [7, 11) is 1.44. The number of ether oxygens (including phenoxy) is 1. The van der Waals surface area contributed by atoms with Gasteiger partial charge < -0.3 is 15.0 Å². The van der Waals surface area contributed by atoms with Gasteiger partial charge in [-0.25, -0.2) is 9.37 Å². The lowest BCUT2D eigenvalue weighted by Crippen LogP contribution is -2.10. The molecule has 0 amide bonds. The molecule has 0 aliphatic rings. The second-order valence-electron chi connectivity index (χ2n) is 5.47. The van der Waals surface area contributed by atoms with E-state index >= 15 is 0 Å². The molecule has 2 aromatic rings. The molecule has 2 rings (SSSR count). The summed E-state index contributed by atoms with van der Waals surface area (Å²) in [6, 6.07) is 4.79. The Bertz CT molecular complexity index is 635. The third-order valence-corrected chi connectivity index (χ3v) is 3.38. The summed E-state index contributed by atoms with van der Waals surface area (Å²) in [5.41, 5.74) is 7.53. The maximum absolute atomic E-state index is 13.9. The largest absolute Gasteiger partial charge is 0.494 e. The zero-order valence-corrected chi connectivity index (χ0v) is 13.0. The molecule has 4 nitrogen and oxygen atoms in total. The average molecular weight is 291 g/mol. The van der Waals surface area contributed by atoms with E-state index in [1.54, 1.807) is 12.1 Å². The molecule has 0 spiro atoms. The Labute approximate surface area is 124 Å². The van der Waals surface area contributed by atoms with E-state index in [9.17, 15) is 4.39 Å². The molecule has 0 saturated carbocycles. The quantitative estimate of drug-likeness (QED) is 0.917. The lowest BCUT2D eigenvalue weighted by molar-refractivity contribution is 0.386. The lowest BCUT2D eigenvalue weighted by atomic mass is 10.1. The van der Waals surface area contributed by atoms with Crippen LogP contribution in [0.1, 0.15) is 26.6 Å². The summed E-state index contributed by atoms with van der Waals surface area (Å²) in [4.78, 5) is 4.58. The number of nitrogens with zero attached hydrogens (tertiary/aromatic N) is 2. The summed E-state index contributed by atoms with van der Waals surface area (Å²) < 4.78 is 20.8. The molecule has 114 valence electrons. The zero-order chi connectivity index (χ0) is 15.6. The van der Waals surface area contributed by atoms with Gasteiger partial charge in [-0.2, -0.15) is 0 Å². The van der Waals surface area contributed by atoms with E-state index in [1.165, 1.54) is 13.2 Å². The van der Waals surface area contributed by atoms with Crippen LogP contribution >= 0.6 is 0 Å². The molecule has 0 unspecified atom stereocenters. The topological polar surface area (TPSA) is 53.1 Å². The fourth-order valence-electron chi connectivity index (χ4n) is 2.38. The number of hydrogen-bond donors (Lipinski definition) is 1. The Morgan fingerprint density at radius 3 is 2.62 bits per heavy atom. The van der Waals surface area contributed by atoms with E-state index in [-0.39, 0.29) is 5.75 Å². The van der Waals surface area contributed by atoms with Gasteiger partial charge in [0.1, 0.15) is 17.3 Å². The number of benzene rings is 1. The third-order valence-electron chi connectivity index (χ3n) is 3.38. The number of anilines is 1. The summed E-state index contributed by atoms with van der Waals surface area (Å²) >= 11 is 0. The minimum Gasteiger partial charge on any atom is -0.494 e. The number of aryl methyl sites for hydroxylation is 1. The van der Waals surface area contributed by atoms with Crippen LogP contribution in [-0.4, -0.2) is 16.7 Å². The summed E-state index contributed by atoms with van der Waals surface area (Å²) in [5.74, 6) is 1.78. The fourth-order valence-corrected chi connectivity index (χ4v) is 2.38. The fraction of sp³-hybridized carbons (Fsp3) is 0.438. The third kappa shape index (κ3) is 3.01. The first-order valence-electron chi connectivity index (χ1n) is 7.16. The lowest BCUT2D eigenvalue weighted by Gasteiger charge is -2.11. The van der Waals surface area contributed by atoms with Crippen molar-refractivity contribution in [2.45, 2.75) is 33.7 Å². The molecular weight excluding hydrogens is 269 g/mol. The molecule has 21 heavy (non-hydrogen) atoms. The first kappa shape index (κ1) is 15.4. The molecule has 0 radical (unpaired) electrons. The van der Waals surface area contributed by atoms with Crippen molar-refractivity contribution >= 4 is 5.82 Å². The predicted molar refractivity (Wildman–Crippen MR) is 82.8 cm³/mol. The van der Waals surface area contributed by atoms with Crippen LogP contribution < -0.4 is 10.5 Å². The van der Waals surface area contributed by atoms with Crippen LogP contribution in [0.5, 0.6) is 5.75 Å². The van der Waals surface area contributed by atoms with Crippen molar-refractivity contribution in [2.24, 2.45) is 5.92 Å². The minimum atomic E-state index is -0.411. The molecule has 2 N–H and O–H groups in total. The van der Waals surface area contributed by atoms with E-state index in [0.29, 0.717) is 23.0 Å². The SMILES string of the molecule is CCc1nc(-c2ccc(OC)c(F)c2)c(N)n1CC(C)C. The number of halogens is 1. The van der Waals surface area contributed by atoms with Gasteiger partial charge in [-0.15, -0.1) is 0 Å². The van der Waals surface area contributed by atoms with Crippen molar-refractivity contribution in [1.82, 2.24) is 9.55 Å². The van der Waals surface area contributed by atoms with Gasteiger partial charge in [0.25, 0.3) is 0 Å². The van der Waals surface area contributed by atoms with Crippen molar-refractivity contribution < 1.29 is 9.13 Å². The second kappa shape index (κ2) is 6.16. The number of hydrogen-bond acceptors (Lipinski definition) is 3. The Kier molecular flexibility index (Phi) is 4.50. The highest BCUT2D eigenvalue weighted by molar-refractivity contribution is 5.71. The van der Waals surface area contributed by atoms with Crippen LogP contribution in [0.3, 0.4) is 0 Å². The number of aromatic nitrogens is 2. The van der Waals surface area contributed by atoms with E-state index < -0.39 is 5.82 Å². The molecular formula is C16H22FN3O. The van der Waals surface area contributed by atoms with Gasteiger partial charge in [0.2, 0.25) is 0 Å². The molecule has 0 atom stereocenters. The Morgan fingerprint density at radius 2 is 2.10 bits per heavy atom. The van der Waals surface area contributed by atoms with E-state index in [2.05, 4.69) is 18.8 Å². The molecule has 5 heteroatoms. The first-order valence-corrected chi connectivity index (χ1v) is 7.16. The number of methoxy groups -OCH3 is 1. The van der Waals surface area contributed by atoms with Gasteiger partial charge in [-0.1, -0.05) is 20.8 Å².